The van der Waals surface area contributed by atoms with E-state index in [0.29, 0.717) is 17.4 Å². The van der Waals surface area contributed by atoms with Crippen molar-refractivity contribution in [3.63, 3.8) is 0 Å². The second-order valence-electron chi connectivity index (χ2n) is 4.44. The number of halogens is 4. The van der Waals surface area contributed by atoms with E-state index in [0.717, 1.165) is 12.1 Å². The molecule has 0 bridgehead atoms. The summed E-state index contributed by atoms with van der Waals surface area (Å²) in [6.45, 7) is 0.604. The van der Waals surface area contributed by atoms with Gasteiger partial charge in [-0.05, 0) is 40.5 Å². The first-order chi connectivity index (χ1) is 8.79. The van der Waals surface area contributed by atoms with Gasteiger partial charge in [-0.2, -0.15) is 13.2 Å². The lowest BCUT2D eigenvalue weighted by Gasteiger charge is -2.16. The molecule has 19 heavy (non-hydrogen) atoms. The first kappa shape index (κ1) is 14.2. The lowest BCUT2D eigenvalue weighted by atomic mass is 10.1. The molecule has 1 aromatic carbocycles. The number of amides is 1. The molecule has 0 radical (unpaired) electrons. The zero-order chi connectivity index (χ0) is 14.2. The highest BCUT2D eigenvalue weighted by Crippen LogP contribution is 2.34. The minimum Gasteiger partial charge on any atom is -0.373 e. The topological polar surface area (TPSA) is 32.3 Å². The molecule has 1 saturated heterocycles. The number of hydrogen-bond donors (Lipinski definition) is 1. The molecule has 1 amide bonds. The maximum absolute atomic E-state index is 12.6. The van der Waals surface area contributed by atoms with Gasteiger partial charge in [-0.3, -0.25) is 4.79 Å². The van der Waals surface area contributed by atoms with Crippen LogP contribution in [0.1, 0.15) is 12.0 Å². The van der Waals surface area contributed by atoms with Crippen molar-refractivity contribution in [2.75, 3.05) is 18.9 Å². The molecule has 1 aliphatic rings. The van der Waals surface area contributed by atoms with E-state index in [1.54, 1.807) is 11.9 Å². The largest absolute Gasteiger partial charge is 0.416 e. The lowest BCUT2D eigenvalue weighted by Crippen LogP contribution is -2.31. The first-order valence-corrected chi connectivity index (χ1v) is 6.46. The summed E-state index contributed by atoms with van der Waals surface area (Å²) < 4.78 is 38.4. The third kappa shape index (κ3) is 3.02. The highest BCUT2D eigenvalue weighted by atomic mass is 79.9. The average Bonchev–Trinajstić information content (AvgIpc) is 2.62. The van der Waals surface area contributed by atoms with Crippen molar-refractivity contribution < 1.29 is 18.0 Å². The number of alkyl halides is 3. The van der Waals surface area contributed by atoms with Gasteiger partial charge in [0.15, 0.2) is 0 Å². The Morgan fingerprint density at radius 2 is 2.11 bits per heavy atom. The van der Waals surface area contributed by atoms with Gasteiger partial charge in [0.05, 0.1) is 5.56 Å². The molecular weight excluding hydrogens is 325 g/mol. The Balaban J connectivity index is 2.23. The first-order valence-electron chi connectivity index (χ1n) is 5.67. The number of anilines is 1. The minimum absolute atomic E-state index is 0.107. The molecule has 0 aromatic heterocycles. The van der Waals surface area contributed by atoms with Crippen molar-refractivity contribution in [2.24, 2.45) is 0 Å². The fourth-order valence-electron chi connectivity index (χ4n) is 1.96. The molecule has 0 saturated carbocycles. The van der Waals surface area contributed by atoms with Crippen LogP contribution >= 0.6 is 15.9 Å². The molecule has 1 fully saturated rings. The van der Waals surface area contributed by atoms with Gasteiger partial charge in [0.25, 0.3) is 0 Å². The Hall–Kier alpha value is -1.24. The quantitative estimate of drug-likeness (QED) is 0.899. The number of likely N-dealkylation sites (tertiary alicyclic amines) is 1. The molecule has 1 atom stereocenters. The van der Waals surface area contributed by atoms with Crippen molar-refractivity contribution in [1.82, 2.24) is 4.90 Å². The van der Waals surface area contributed by atoms with E-state index in [9.17, 15) is 18.0 Å². The predicted molar refractivity (Wildman–Crippen MR) is 68.8 cm³/mol. The van der Waals surface area contributed by atoms with Gasteiger partial charge < -0.3 is 10.2 Å². The molecule has 0 aliphatic carbocycles. The molecule has 1 unspecified atom stereocenters. The van der Waals surface area contributed by atoms with Crippen molar-refractivity contribution in [2.45, 2.75) is 18.6 Å². The van der Waals surface area contributed by atoms with E-state index in [-0.39, 0.29) is 11.6 Å². The van der Waals surface area contributed by atoms with Gasteiger partial charge in [0.2, 0.25) is 5.91 Å². The van der Waals surface area contributed by atoms with E-state index >= 15 is 0 Å². The van der Waals surface area contributed by atoms with Crippen LogP contribution in [0.3, 0.4) is 0 Å². The average molecular weight is 337 g/mol. The number of hydrogen-bond acceptors (Lipinski definition) is 2. The number of nitrogens with one attached hydrogen (secondary N) is 1. The molecule has 1 N–H and O–H groups in total. The molecule has 1 aliphatic heterocycles. The SMILES string of the molecule is CN1CCC(Nc2cc(C(F)(F)F)ccc2Br)C1=O. The van der Waals surface area contributed by atoms with Gasteiger partial charge in [-0.25, -0.2) is 0 Å². The molecule has 7 heteroatoms. The summed E-state index contributed by atoms with van der Waals surface area (Å²) in [6, 6.07) is 2.87. The molecule has 0 spiro atoms. The highest BCUT2D eigenvalue weighted by molar-refractivity contribution is 9.10. The van der Waals surface area contributed by atoms with Gasteiger partial charge in [0.1, 0.15) is 6.04 Å². The molecule has 1 heterocycles. The number of benzene rings is 1. The van der Waals surface area contributed by atoms with Gasteiger partial charge in [-0.1, -0.05) is 0 Å². The van der Waals surface area contributed by atoms with Gasteiger partial charge >= 0.3 is 6.18 Å². The van der Waals surface area contributed by atoms with E-state index in [1.165, 1.54) is 6.07 Å². The van der Waals surface area contributed by atoms with Crippen LogP contribution in [-0.4, -0.2) is 30.4 Å². The zero-order valence-electron chi connectivity index (χ0n) is 10.1. The van der Waals surface area contributed by atoms with Crippen molar-refractivity contribution in [3.05, 3.63) is 28.2 Å². The third-order valence-electron chi connectivity index (χ3n) is 3.05. The Bertz CT molecular complexity index is 504. The zero-order valence-corrected chi connectivity index (χ0v) is 11.7. The van der Waals surface area contributed by atoms with Crippen LogP contribution in [0.2, 0.25) is 0 Å². The fraction of sp³-hybridized carbons (Fsp3) is 0.417. The summed E-state index contributed by atoms with van der Waals surface area (Å²) in [6.07, 6.45) is -3.81. The van der Waals surface area contributed by atoms with Crippen molar-refractivity contribution in [3.8, 4) is 0 Å². The molecule has 3 nitrogen and oxygen atoms in total. The number of carbonyl (C=O) groups excluding carboxylic acids is 1. The summed E-state index contributed by atoms with van der Waals surface area (Å²) in [4.78, 5) is 13.3. The second kappa shape index (κ2) is 5.03. The fourth-order valence-corrected chi connectivity index (χ4v) is 2.32. The Labute approximate surface area is 116 Å². The summed E-state index contributed by atoms with van der Waals surface area (Å²) in [5.41, 5.74) is -0.458. The second-order valence-corrected chi connectivity index (χ2v) is 5.29. The van der Waals surface area contributed by atoms with Gasteiger partial charge in [-0.15, -0.1) is 0 Å². The highest BCUT2D eigenvalue weighted by Gasteiger charge is 2.32. The minimum atomic E-state index is -4.40. The monoisotopic (exact) mass is 336 g/mol. The predicted octanol–water partition coefficient (Wildman–Crippen LogP) is 3.11. The van der Waals surface area contributed by atoms with E-state index in [1.807, 2.05) is 0 Å². The summed E-state index contributed by atoms with van der Waals surface area (Å²) >= 11 is 3.18. The maximum atomic E-state index is 12.6. The van der Waals surface area contributed by atoms with Crippen LogP contribution in [0, 0.1) is 0 Å². The Morgan fingerprint density at radius 3 is 2.63 bits per heavy atom. The number of rotatable bonds is 2. The third-order valence-corrected chi connectivity index (χ3v) is 3.74. The van der Waals surface area contributed by atoms with Crippen LogP contribution in [0.15, 0.2) is 22.7 Å². The van der Waals surface area contributed by atoms with Crippen LogP contribution in [0.25, 0.3) is 0 Å². The van der Waals surface area contributed by atoms with Gasteiger partial charge in [0, 0.05) is 23.8 Å². The lowest BCUT2D eigenvalue weighted by molar-refractivity contribution is -0.137. The molecular formula is C12H12BrF3N2O. The molecule has 2 rings (SSSR count). The standard InChI is InChI=1S/C12H12BrF3N2O/c1-18-5-4-9(11(18)19)17-10-6-7(12(14,15)16)2-3-8(10)13/h2-3,6,9,17H,4-5H2,1H3. The summed E-state index contributed by atoms with van der Waals surface area (Å²) in [5.74, 6) is -0.107. The van der Waals surface area contributed by atoms with E-state index in [2.05, 4.69) is 21.2 Å². The normalized spacial score (nSPS) is 19.9. The Morgan fingerprint density at radius 1 is 1.42 bits per heavy atom. The number of nitrogens with zero attached hydrogens (tertiary/aromatic N) is 1. The number of likely N-dealkylation sites (N-methyl/N-ethyl adjacent to an activating group) is 1. The van der Waals surface area contributed by atoms with Crippen molar-refractivity contribution in [1.29, 1.82) is 0 Å². The van der Waals surface area contributed by atoms with Crippen LogP contribution in [-0.2, 0) is 11.0 Å². The van der Waals surface area contributed by atoms with Crippen LogP contribution in [0.5, 0.6) is 0 Å². The smallest absolute Gasteiger partial charge is 0.373 e. The van der Waals surface area contributed by atoms with Crippen LogP contribution < -0.4 is 5.32 Å². The van der Waals surface area contributed by atoms with E-state index < -0.39 is 17.8 Å². The Kier molecular flexibility index (Phi) is 3.75. The summed E-state index contributed by atoms with van der Waals surface area (Å²) in [5, 5.41) is 2.86. The van der Waals surface area contributed by atoms with Crippen LogP contribution in [0.4, 0.5) is 18.9 Å². The molecule has 104 valence electrons. The summed E-state index contributed by atoms with van der Waals surface area (Å²) in [7, 11) is 1.67. The van der Waals surface area contributed by atoms with Crippen molar-refractivity contribution >= 4 is 27.5 Å². The van der Waals surface area contributed by atoms with E-state index in [4.69, 9.17) is 0 Å². The number of carbonyl (C=O) groups is 1. The maximum Gasteiger partial charge on any atom is 0.416 e. The molecule has 1 aromatic rings.